The number of esters is 2. The van der Waals surface area contributed by atoms with Crippen LogP contribution in [0.5, 0.6) is 5.75 Å². The molecule has 3 aromatic rings. The number of carboxylic acids is 1. The molecule has 0 saturated carbocycles. The van der Waals surface area contributed by atoms with Gasteiger partial charge in [0, 0.05) is 11.8 Å². The molecule has 0 bridgehead atoms. The van der Waals surface area contributed by atoms with Crippen LogP contribution in [-0.4, -0.2) is 48.2 Å². The Balaban J connectivity index is 1.90. The number of anilines is 1. The van der Waals surface area contributed by atoms with Gasteiger partial charge in [-0.3, -0.25) is 4.79 Å². The molecule has 0 aliphatic heterocycles. The number of ether oxygens (including phenoxy) is 3. The van der Waals surface area contributed by atoms with Crippen LogP contribution >= 0.6 is 0 Å². The van der Waals surface area contributed by atoms with Crippen molar-refractivity contribution in [2.24, 2.45) is 0 Å². The summed E-state index contributed by atoms with van der Waals surface area (Å²) in [5, 5.41) is 12.2. The largest absolute Gasteiger partial charge is 0.497 e. The Morgan fingerprint density at radius 2 is 1.26 bits per heavy atom. The van der Waals surface area contributed by atoms with E-state index in [-0.39, 0.29) is 16.8 Å². The van der Waals surface area contributed by atoms with Gasteiger partial charge >= 0.3 is 17.9 Å². The van der Waals surface area contributed by atoms with E-state index in [1.165, 1.54) is 43.5 Å². The van der Waals surface area contributed by atoms with Gasteiger partial charge in [0.2, 0.25) is 12.2 Å². The molecule has 2 N–H and O–H groups in total. The van der Waals surface area contributed by atoms with Crippen LogP contribution in [0.15, 0.2) is 84.9 Å². The first kappa shape index (κ1) is 24.0. The minimum Gasteiger partial charge on any atom is -0.497 e. The number of nitrogens with one attached hydrogen (secondary N) is 1. The number of amides is 1. The third kappa shape index (κ3) is 6.19. The average Bonchev–Trinajstić information content (AvgIpc) is 2.86. The van der Waals surface area contributed by atoms with E-state index in [9.17, 15) is 24.3 Å². The summed E-state index contributed by atoms with van der Waals surface area (Å²) in [7, 11) is 1.44. The minimum absolute atomic E-state index is 0.0649. The maximum absolute atomic E-state index is 13.1. The monoisotopic (exact) mass is 463 g/mol. The van der Waals surface area contributed by atoms with E-state index in [1.54, 1.807) is 48.5 Å². The smallest absolute Gasteiger partial charge is 0.349 e. The lowest BCUT2D eigenvalue weighted by Gasteiger charge is -2.23. The zero-order chi connectivity index (χ0) is 24.5. The normalized spacial score (nSPS) is 12.0. The molecule has 0 aliphatic carbocycles. The van der Waals surface area contributed by atoms with Gasteiger partial charge in [0.25, 0.3) is 5.91 Å². The molecule has 1 amide bonds. The summed E-state index contributed by atoms with van der Waals surface area (Å²) in [5.41, 5.74) is 0.402. The summed E-state index contributed by atoms with van der Waals surface area (Å²) in [6.07, 6.45) is -4.12. The van der Waals surface area contributed by atoms with Gasteiger partial charge in [-0.2, -0.15) is 0 Å². The van der Waals surface area contributed by atoms with Gasteiger partial charge in [-0.05, 0) is 36.4 Å². The molecule has 0 fully saturated rings. The SMILES string of the molecule is COc1cccc(NC(=O)C(OC(=O)c2ccccc2)C(OC(=O)c2ccccc2)C(=O)O)c1. The van der Waals surface area contributed by atoms with Crippen LogP contribution < -0.4 is 10.1 Å². The lowest BCUT2D eigenvalue weighted by Crippen LogP contribution is -2.48. The maximum Gasteiger partial charge on any atom is 0.349 e. The molecule has 2 atom stereocenters. The molecule has 0 aromatic heterocycles. The van der Waals surface area contributed by atoms with Gasteiger partial charge in [-0.1, -0.05) is 42.5 Å². The molecule has 0 saturated heterocycles. The second kappa shape index (κ2) is 11.3. The second-order valence-electron chi connectivity index (χ2n) is 6.94. The highest BCUT2D eigenvalue weighted by atomic mass is 16.6. The van der Waals surface area contributed by atoms with Gasteiger partial charge in [0.05, 0.1) is 18.2 Å². The van der Waals surface area contributed by atoms with E-state index in [0.717, 1.165) is 0 Å². The van der Waals surface area contributed by atoms with Crippen molar-refractivity contribution in [2.45, 2.75) is 12.2 Å². The van der Waals surface area contributed by atoms with Crippen LogP contribution in [0.3, 0.4) is 0 Å². The maximum atomic E-state index is 13.1. The zero-order valence-corrected chi connectivity index (χ0v) is 18.0. The van der Waals surface area contributed by atoms with Gasteiger partial charge in [-0.25, -0.2) is 14.4 Å². The number of carboxylic acid groups (broad SMARTS) is 1. The number of carbonyl (C=O) groups excluding carboxylic acids is 3. The number of carbonyl (C=O) groups is 4. The van der Waals surface area contributed by atoms with Crippen molar-refractivity contribution in [3.05, 3.63) is 96.1 Å². The fraction of sp³-hybridized carbons (Fsp3) is 0.120. The molecular formula is C25H21NO8. The standard InChI is InChI=1S/C25H21NO8/c1-32-19-14-8-13-18(15-19)26-22(27)20(33-24(30)16-9-4-2-5-10-16)21(23(28)29)34-25(31)17-11-6-3-7-12-17/h2-15,20-21H,1H3,(H,26,27)(H,28,29). The fourth-order valence-corrected chi connectivity index (χ4v) is 2.92. The average molecular weight is 463 g/mol. The number of methoxy groups -OCH3 is 1. The van der Waals surface area contributed by atoms with Crippen LogP contribution in [0.25, 0.3) is 0 Å². The van der Waals surface area contributed by atoms with E-state index < -0.39 is 36.0 Å². The summed E-state index contributed by atoms with van der Waals surface area (Å²) in [5.74, 6) is -4.21. The van der Waals surface area contributed by atoms with E-state index >= 15 is 0 Å². The Hall–Kier alpha value is -4.66. The summed E-state index contributed by atoms with van der Waals surface area (Å²) in [6, 6.07) is 21.6. The zero-order valence-electron chi connectivity index (χ0n) is 18.0. The molecule has 2 unspecified atom stereocenters. The van der Waals surface area contributed by atoms with E-state index in [0.29, 0.717) is 5.75 Å². The quantitative estimate of drug-likeness (QED) is 0.463. The molecule has 0 aliphatic rings. The van der Waals surface area contributed by atoms with Crippen LogP contribution in [0.2, 0.25) is 0 Å². The number of hydrogen-bond donors (Lipinski definition) is 2. The number of hydrogen-bond acceptors (Lipinski definition) is 7. The molecule has 3 rings (SSSR count). The molecule has 0 heterocycles. The molecule has 0 spiro atoms. The molecular weight excluding hydrogens is 442 g/mol. The van der Waals surface area contributed by atoms with Gasteiger partial charge < -0.3 is 24.6 Å². The number of benzene rings is 3. The first-order chi connectivity index (χ1) is 16.4. The first-order valence-electron chi connectivity index (χ1n) is 10.1. The van der Waals surface area contributed by atoms with Crippen molar-refractivity contribution in [1.29, 1.82) is 0 Å². The molecule has 9 nitrogen and oxygen atoms in total. The van der Waals surface area contributed by atoms with Crippen molar-refractivity contribution in [1.82, 2.24) is 0 Å². The topological polar surface area (TPSA) is 128 Å². The summed E-state index contributed by atoms with van der Waals surface area (Å²) >= 11 is 0. The molecule has 34 heavy (non-hydrogen) atoms. The van der Waals surface area contributed by atoms with Crippen LogP contribution in [0.1, 0.15) is 20.7 Å². The van der Waals surface area contributed by atoms with E-state index in [1.807, 2.05) is 0 Å². The lowest BCUT2D eigenvalue weighted by molar-refractivity contribution is -0.157. The number of aliphatic carboxylic acids is 1. The third-order valence-corrected chi connectivity index (χ3v) is 4.60. The van der Waals surface area contributed by atoms with Gasteiger partial charge in [-0.15, -0.1) is 0 Å². The highest BCUT2D eigenvalue weighted by Gasteiger charge is 2.41. The van der Waals surface area contributed by atoms with Crippen molar-refractivity contribution in [3.63, 3.8) is 0 Å². The highest BCUT2D eigenvalue weighted by molar-refractivity contribution is 6.01. The van der Waals surface area contributed by atoms with Crippen molar-refractivity contribution < 1.29 is 38.5 Å². The van der Waals surface area contributed by atoms with Crippen molar-refractivity contribution in [3.8, 4) is 5.75 Å². The van der Waals surface area contributed by atoms with Gasteiger partial charge in [0.15, 0.2) is 0 Å². The Morgan fingerprint density at radius 3 is 1.76 bits per heavy atom. The third-order valence-electron chi connectivity index (χ3n) is 4.60. The Kier molecular flexibility index (Phi) is 7.96. The van der Waals surface area contributed by atoms with Crippen LogP contribution in [0.4, 0.5) is 5.69 Å². The predicted octanol–water partition coefficient (Wildman–Crippen LogP) is 3.17. The highest BCUT2D eigenvalue weighted by Crippen LogP contribution is 2.19. The Morgan fingerprint density at radius 1 is 0.735 bits per heavy atom. The van der Waals surface area contributed by atoms with Crippen molar-refractivity contribution >= 4 is 29.5 Å². The van der Waals surface area contributed by atoms with Crippen molar-refractivity contribution in [2.75, 3.05) is 12.4 Å². The van der Waals surface area contributed by atoms with Crippen LogP contribution in [-0.2, 0) is 19.1 Å². The summed E-state index contributed by atoms with van der Waals surface area (Å²) < 4.78 is 15.5. The lowest BCUT2D eigenvalue weighted by atomic mass is 10.1. The van der Waals surface area contributed by atoms with E-state index in [2.05, 4.69) is 5.32 Å². The second-order valence-corrected chi connectivity index (χ2v) is 6.94. The van der Waals surface area contributed by atoms with E-state index in [4.69, 9.17) is 14.2 Å². The van der Waals surface area contributed by atoms with Gasteiger partial charge in [0.1, 0.15) is 5.75 Å². The molecule has 3 aromatic carbocycles. The summed E-state index contributed by atoms with van der Waals surface area (Å²) in [6.45, 7) is 0. The Bertz CT molecular complexity index is 1160. The van der Waals surface area contributed by atoms with Crippen LogP contribution in [0, 0.1) is 0 Å². The molecule has 0 radical (unpaired) electrons. The minimum atomic E-state index is -2.12. The summed E-state index contributed by atoms with van der Waals surface area (Å²) in [4.78, 5) is 50.2. The predicted molar refractivity (Wildman–Crippen MR) is 121 cm³/mol. The first-order valence-corrected chi connectivity index (χ1v) is 10.1. The molecule has 174 valence electrons. The molecule has 9 heteroatoms. The Labute approximate surface area is 194 Å². The fourth-order valence-electron chi connectivity index (χ4n) is 2.92. The number of rotatable bonds is 9.